The second kappa shape index (κ2) is 9.65. The van der Waals surface area contributed by atoms with Crippen LogP contribution in [0.3, 0.4) is 0 Å². The van der Waals surface area contributed by atoms with E-state index in [4.69, 9.17) is 4.74 Å². The van der Waals surface area contributed by atoms with Crippen molar-refractivity contribution >= 4 is 33.3 Å². The molecule has 0 aliphatic heterocycles. The number of aromatic nitrogens is 3. The summed E-state index contributed by atoms with van der Waals surface area (Å²) in [5, 5.41) is 5.79. The van der Waals surface area contributed by atoms with Crippen LogP contribution in [0, 0.1) is 6.92 Å². The molecular weight excluding hydrogens is 470 g/mol. The summed E-state index contributed by atoms with van der Waals surface area (Å²) in [5.74, 6) is 1.44. The Morgan fingerprint density at radius 3 is 2.59 bits per heavy atom. The molecule has 0 spiro atoms. The van der Waals surface area contributed by atoms with E-state index in [2.05, 4.69) is 41.1 Å². The molecule has 2 amide bonds. The van der Waals surface area contributed by atoms with Crippen LogP contribution in [0.4, 0.5) is 16.2 Å². The van der Waals surface area contributed by atoms with Crippen LogP contribution in [-0.2, 0) is 6.54 Å². The van der Waals surface area contributed by atoms with E-state index in [1.54, 1.807) is 37.8 Å². The van der Waals surface area contributed by atoms with Gasteiger partial charge in [-0.1, -0.05) is 28.1 Å². The molecule has 0 saturated carbocycles. The molecule has 0 saturated heterocycles. The van der Waals surface area contributed by atoms with Gasteiger partial charge >= 0.3 is 6.03 Å². The molecule has 2 aromatic carbocycles. The summed E-state index contributed by atoms with van der Waals surface area (Å²) < 4.78 is 8.23. The number of nitrogens with one attached hydrogen (secondary N) is 2. The minimum Gasteiger partial charge on any atom is -0.495 e. The van der Waals surface area contributed by atoms with Gasteiger partial charge in [0.2, 0.25) is 0 Å². The number of pyridine rings is 1. The Kier molecular flexibility index (Phi) is 6.51. The minimum atomic E-state index is -0.346. The molecule has 4 aromatic rings. The zero-order valence-electron chi connectivity index (χ0n) is 17.7. The lowest BCUT2D eigenvalue weighted by Crippen LogP contribution is -2.20. The second-order valence-electron chi connectivity index (χ2n) is 7.19. The molecule has 0 aliphatic rings. The van der Waals surface area contributed by atoms with Crippen molar-refractivity contribution < 1.29 is 9.53 Å². The normalized spacial score (nSPS) is 10.6. The topological polar surface area (TPSA) is 81.1 Å². The van der Waals surface area contributed by atoms with Gasteiger partial charge in [-0.3, -0.25) is 4.98 Å². The van der Waals surface area contributed by atoms with Gasteiger partial charge in [0.25, 0.3) is 0 Å². The van der Waals surface area contributed by atoms with E-state index < -0.39 is 0 Å². The quantitative estimate of drug-likeness (QED) is 0.361. The Morgan fingerprint density at radius 1 is 1.03 bits per heavy atom. The first-order valence-corrected chi connectivity index (χ1v) is 10.8. The number of hydrogen-bond acceptors (Lipinski definition) is 4. The number of hydrogen-bond donors (Lipinski definition) is 2. The van der Waals surface area contributed by atoms with E-state index in [0.717, 1.165) is 32.7 Å². The number of carbonyl (C=O) groups is 1. The third-order valence-electron chi connectivity index (χ3n) is 4.97. The van der Waals surface area contributed by atoms with Crippen molar-refractivity contribution in [2.45, 2.75) is 13.5 Å². The van der Waals surface area contributed by atoms with E-state index in [0.29, 0.717) is 18.0 Å². The Morgan fingerprint density at radius 2 is 1.81 bits per heavy atom. The molecule has 0 bridgehead atoms. The zero-order chi connectivity index (χ0) is 22.5. The van der Waals surface area contributed by atoms with Crippen LogP contribution in [0.5, 0.6) is 5.75 Å². The fourth-order valence-electron chi connectivity index (χ4n) is 3.35. The first-order valence-electron chi connectivity index (χ1n) is 9.96. The van der Waals surface area contributed by atoms with Gasteiger partial charge in [-0.2, -0.15) is 0 Å². The number of aryl methyl sites for hydroxylation is 1. The van der Waals surface area contributed by atoms with Crippen LogP contribution in [0.1, 0.15) is 11.1 Å². The van der Waals surface area contributed by atoms with E-state index in [1.807, 2.05) is 49.5 Å². The van der Waals surface area contributed by atoms with Crippen molar-refractivity contribution in [1.82, 2.24) is 14.5 Å². The maximum absolute atomic E-state index is 12.7. The molecule has 0 aliphatic carbocycles. The standard InChI is InChI=1S/C24H22BrN5O2/c1-16-3-4-17(15-30-12-11-27-23(30)18-7-9-26-10-8-18)13-20(16)28-24(31)29-21-14-19(25)5-6-22(21)32-2/h3-14H,15H2,1-2H3,(H2,28,29,31). The smallest absolute Gasteiger partial charge is 0.323 e. The van der Waals surface area contributed by atoms with Crippen molar-refractivity contribution in [3.63, 3.8) is 0 Å². The summed E-state index contributed by atoms with van der Waals surface area (Å²) in [5.41, 5.74) is 4.32. The second-order valence-corrected chi connectivity index (χ2v) is 8.10. The number of halogens is 1. The molecule has 0 atom stereocenters. The van der Waals surface area contributed by atoms with Crippen molar-refractivity contribution in [2.75, 3.05) is 17.7 Å². The molecule has 4 rings (SSSR count). The van der Waals surface area contributed by atoms with Gasteiger partial charge in [0, 0.05) is 47.1 Å². The molecule has 2 aromatic heterocycles. The summed E-state index contributed by atoms with van der Waals surface area (Å²) in [4.78, 5) is 21.2. The summed E-state index contributed by atoms with van der Waals surface area (Å²) in [6, 6.07) is 15.0. The lowest BCUT2D eigenvalue weighted by atomic mass is 10.1. The van der Waals surface area contributed by atoms with E-state index in [-0.39, 0.29) is 6.03 Å². The number of anilines is 2. The van der Waals surface area contributed by atoms with Gasteiger partial charge < -0.3 is 19.9 Å². The molecule has 7 nitrogen and oxygen atoms in total. The average Bonchev–Trinajstić information content (AvgIpc) is 3.25. The van der Waals surface area contributed by atoms with Gasteiger partial charge in [-0.15, -0.1) is 0 Å². The number of ether oxygens (including phenoxy) is 1. The van der Waals surface area contributed by atoms with Crippen molar-refractivity contribution in [3.8, 4) is 17.1 Å². The van der Waals surface area contributed by atoms with Crippen LogP contribution >= 0.6 is 15.9 Å². The predicted molar refractivity (Wildman–Crippen MR) is 129 cm³/mol. The van der Waals surface area contributed by atoms with Crippen LogP contribution in [0.2, 0.25) is 0 Å². The Bertz CT molecular complexity index is 1240. The Labute approximate surface area is 194 Å². The number of methoxy groups -OCH3 is 1. The van der Waals surface area contributed by atoms with Gasteiger partial charge in [0.15, 0.2) is 0 Å². The SMILES string of the molecule is COc1ccc(Br)cc1NC(=O)Nc1cc(Cn2ccnc2-c2ccncc2)ccc1C. The molecule has 32 heavy (non-hydrogen) atoms. The molecule has 2 N–H and O–H groups in total. The summed E-state index contributed by atoms with van der Waals surface area (Å²) >= 11 is 3.42. The monoisotopic (exact) mass is 491 g/mol. The van der Waals surface area contributed by atoms with Crippen molar-refractivity contribution in [3.05, 3.63) is 88.9 Å². The highest BCUT2D eigenvalue weighted by atomic mass is 79.9. The summed E-state index contributed by atoms with van der Waals surface area (Å²) in [7, 11) is 1.57. The number of nitrogens with zero attached hydrogens (tertiary/aromatic N) is 3. The Hall–Kier alpha value is -3.65. The molecule has 0 unspecified atom stereocenters. The summed E-state index contributed by atoms with van der Waals surface area (Å²) in [6.45, 7) is 2.58. The molecule has 162 valence electrons. The van der Waals surface area contributed by atoms with Gasteiger partial charge in [-0.05, 0) is 54.4 Å². The number of benzene rings is 2. The molecule has 0 radical (unpaired) electrons. The number of imidazole rings is 1. The first kappa shape index (κ1) is 21.6. The predicted octanol–water partition coefficient (Wildman–Crippen LogP) is 5.72. The number of rotatable bonds is 6. The van der Waals surface area contributed by atoms with Crippen molar-refractivity contribution in [2.24, 2.45) is 0 Å². The minimum absolute atomic E-state index is 0.346. The first-order chi connectivity index (χ1) is 15.5. The fraction of sp³-hybridized carbons (Fsp3) is 0.125. The van der Waals surface area contributed by atoms with Crippen LogP contribution in [0.15, 0.2) is 77.8 Å². The highest BCUT2D eigenvalue weighted by Crippen LogP contribution is 2.28. The maximum atomic E-state index is 12.7. The average molecular weight is 492 g/mol. The Balaban J connectivity index is 1.51. The highest BCUT2D eigenvalue weighted by molar-refractivity contribution is 9.10. The largest absolute Gasteiger partial charge is 0.495 e. The zero-order valence-corrected chi connectivity index (χ0v) is 19.3. The van der Waals surface area contributed by atoms with E-state index in [1.165, 1.54) is 0 Å². The molecule has 8 heteroatoms. The van der Waals surface area contributed by atoms with Crippen LogP contribution in [-0.4, -0.2) is 27.7 Å². The van der Waals surface area contributed by atoms with Gasteiger partial charge in [0.1, 0.15) is 11.6 Å². The van der Waals surface area contributed by atoms with Gasteiger partial charge in [-0.25, -0.2) is 9.78 Å². The number of urea groups is 1. The van der Waals surface area contributed by atoms with Crippen LogP contribution < -0.4 is 15.4 Å². The lowest BCUT2D eigenvalue weighted by molar-refractivity contribution is 0.262. The number of carbonyl (C=O) groups excluding carboxylic acids is 1. The highest BCUT2D eigenvalue weighted by Gasteiger charge is 2.11. The van der Waals surface area contributed by atoms with Crippen LogP contribution in [0.25, 0.3) is 11.4 Å². The van der Waals surface area contributed by atoms with Gasteiger partial charge in [0.05, 0.1) is 12.8 Å². The lowest BCUT2D eigenvalue weighted by Gasteiger charge is -2.14. The fourth-order valence-corrected chi connectivity index (χ4v) is 3.71. The summed E-state index contributed by atoms with van der Waals surface area (Å²) in [6.07, 6.45) is 7.22. The number of amides is 2. The molecule has 0 fully saturated rings. The maximum Gasteiger partial charge on any atom is 0.323 e. The van der Waals surface area contributed by atoms with Crippen molar-refractivity contribution in [1.29, 1.82) is 0 Å². The third-order valence-corrected chi connectivity index (χ3v) is 5.46. The molecule has 2 heterocycles. The molecular formula is C24H22BrN5O2. The van der Waals surface area contributed by atoms with E-state index in [9.17, 15) is 4.79 Å². The third kappa shape index (κ3) is 4.97. The van der Waals surface area contributed by atoms with E-state index >= 15 is 0 Å².